The number of hydrogen-bond donors (Lipinski definition) is 0. The van der Waals surface area contributed by atoms with Crippen LogP contribution in [0.5, 0.6) is 0 Å². The van der Waals surface area contributed by atoms with Crippen LogP contribution < -0.4 is 0 Å². The molecule has 2 heterocycles. The number of unbranched alkanes of at least 4 members (excludes halogenated alkanes) is 1. The average molecular weight is 413 g/mol. The molecule has 9 heteroatoms. The Balaban J connectivity index is 1.83. The molecule has 1 aliphatic heterocycles. The van der Waals surface area contributed by atoms with E-state index in [1.807, 2.05) is 25.1 Å². The van der Waals surface area contributed by atoms with Gasteiger partial charge in [0.2, 0.25) is 11.8 Å². The number of benzene rings is 1. The molecule has 0 N–H and O–H groups in total. The van der Waals surface area contributed by atoms with Crippen LogP contribution in [0.25, 0.3) is 0 Å². The van der Waals surface area contributed by atoms with Crippen LogP contribution >= 0.6 is 0 Å². The van der Waals surface area contributed by atoms with E-state index in [2.05, 4.69) is 10.1 Å². The van der Waals surface area contributed by atoms with Gasteiger partial charge in [-0.15, -0.1) is 0 Å². The number of carbonyl (C=O) groups excluding carboxylic acids is 3. The van der Waals surface area contributed by atoms with Crippen LogP contribution in [-0.4, -0.2) is 69.2 Å². The number of aromatic nitrogens is 2. The van der Waals surface area contributed by atoms with Crippen molar-refractivity contribution in [3.63, 3.8) is 0 Å². The van der Waals surface area contributed by atoms with Crippen molar-refractivity contribution in [2.75, 3.05) is 26.7 Å². The minimum Gasteiger partial charge on any atom is -0.340 e. The Kier molecular flexibility index (Phi) is 6.81. The van der Waals surface area contributed by atoms with Gasteiger partial charge in [-0.25, -0.2) is 0 Å². The molecule has 9 nitrogen and oxygen atoms in total. The van der Waals surface area contributed by atoms with Crippen LogP contribution in [0.2, 0.25) is 0 Å². The smallest absolute Gasteiger partial charge is 0.313 e. The lowest BCUT2D eigenvalue weighted by Crippen LogP contribution is -2.57. The van der Waals surface area contributed by atoms with E-state index in [9.17, 15) is 14.4 Å². The van der Waals surface area contributed by atoms with Crippen LogP contribution in [0.1, 0.15) is 43.1 Å². The topological polar surface area (TPSA) is 99.8 Å². The Morgan fingerprint density at radius 1 is 1.20 bits per heavy atom. The monoisotopic (exact) mass is 413 g/mol. The Morgan fingerprint density at radius 3 is 2.57 bits per heavy atom. The molecular formula is C21H27N5O4. The van der Waals surface area contributed by atoms with Gasteiger partial charge in [-0.1, -0.05) is 48.8 Å². The summed E-state index contributed by atoms with van der Waals surface area (Å²) in [5.74, 6) is -0.730. The van der Waals surface area contributed by atoms with E-state index in [4.69, 9.17) is 4.52 Å². The zero-order valence-electron chi connectivity index (χ0n) is 17.6. The lowest BCUT2D eigenvalue weighted by Gasteiger charge is -2.39. The fraction of sp³-hybridized carbons (Fsp3) is 0.476. The molecule has 0 spiro atoms. The molecule has 1 aromatic heterocycles. The molecular weight excluding hydrogens is 386 g/mol. The molecule has 1 aliphatic rings. The van der Waals surface area contributed by atoms with Crippen LogP contribution in [0.15, 0.2) is 34.9 Å². The predicted molar refractivity (Wildman–Crippen MR) is 108 cm³/mol. The summed E-state index contributed by atoms with van der Waals surface area (Å²) in [5, 5.41) is 3.83. The van der Waals surface area contributed by atoms with Crippen molar-refractivity contribution in [3.8, 4) is 0 Å². The SMILES string of the molecule is CCCCN1CCN([C@@H](C(=O)N(C)Cc2noc(C)n2)c2ccccc2)C(=O)C1=O. The van der Waals surface area contributed by atoms with Gasteiger partial charge in [0.1, 0.15) is 6.04 Å². The molecule has 0 radical (unpaired) electrons. The lowest BCUT2D eigenvalue weighted by molar-refractivity contribution is -0.161. The Bertz CT molecular complexity index is 898. The Labute approximate surface area is 175 Å². The summed E-state index contributed by atoms with van der Waals surface area (Å²) in [6.45, 7) is 5.11. The highest BCUT2D eigenvalue weighted by atomic mass is 16.5. The van der Waals surface area contributed by atoms with E-state index in [1.54, 1.807) is 31.0 Å². The van der Waals surface area contributed by atoms with Gasteiger partial charge in [-0.3, -0.25) is 14.4 Å². The zero-order chi connectivity index (χ0) is 21.7. The average Bonchev–Trinajstić information content (AvgIpc) is 3.16. The maximum Gasteiger partial charge on any atom is 0.313 e. The van der Waals surface area contributed by atoms with E-state index >= 15 is 0 Å². The molecule has 0 unspecified atom stereocenters. The highest BCUT2D eigenvalue weighted by molar-refractivity contribution is 6.35. The number of rotatable bonds is 8. The fourth-order valence-electron chi connectivity index (χ4n) is 3.49. The summed E-state index contributed by atoms with van der Waals surface area (Å²) in [6.07, 6.45) is 1.78. The minimum absolute atomic E-state index is 0.137. The van der Waals surface area contributed by atoms with E-state index in [0.29, 0.717) is 36.9 Å². The number of carbonyl (C=O) groups is 3. The largest absolute Gasteiger partial charge is 0.340 e. The van der Waals surface area contributed by atoms with Gasteiger partial charge in [0.05, 0.1) is 6.54 Å². The predicted octanol–water partition coefficient (Wildman–Crippen LogP) is 1.55. The van der Waals surface area contributed by atoms with Crippen molar-refractivity contribution in [2.24, 2.45) is 0 Å². The molecule has 0 saturated carbocycles. The van der Waals surface area contributed by atoms with Crippen molar-refractivity contribution in [1.82, 2.24) is 24.8 Å². The van der Waals surface area contributed by atoms with E-state index in [0.717, 1.165) is 12.8 Å². The van der Waals surface area contributed by atoms with E-state index in [-0.39, 0.29) is 12.5 Å². The van der Waals surface area contributed by atoms with Crippen LogP contribution in [0.4, 0.5) is 0 Å². The molecule has 0 bridgehead atoms. The first-order valence-electron chi connectivity index (χ1n) is 10.1. The maximum atomic E-state index is 13.4. The van der Waals surface area contributed by atoms with Crippen molar-refractivity contribution < 1.29 is 18.9 Å². The molecule has 3 rings (SSSR count). The van der Waals surface area contributed by atoms with Gasteiger partial charge in [0.15, 0.2) is 5.82 Å². The number of likely N-dealkylation sites (N-methyl/N-ethyl adjacent to an activating group) is 1. The zero-order valence-corrected chi connectivity index (χ0v) is 17.6. The normalized spacial score (nSPS) is 15.4. The van der Waals surface area contributed by atoms with Gasteiger partial charge in [0.25, 0.3) is 0 Å². The third-order valence-electron chi connectivity index (χ3n) is 5.11. The second-order valence-electron chi connectivity index (χ2n) is 7.38. The first-order chi connectivity index (χ1) is 14.4. The van der Waals surface area contributed by atoms with Gasteiger partial charge in [-0.2, -0.15) is 4.98 Å². The van der Waals surface area contributed by atoms with Crippen molar-refractivity contribution in [2.45, 2.75) is 39.3 Å². The summed E-state index contributed by atoms with van der Waals surface area (Å²) >= 11 is 0. The number of nitrogens with zero attached hydrogens (tertiary/aromatic N) is 5. The number of amides is 3. The quantitative estimate of drug-likeness (QED) is 0.609. The molecule has 0 aliphatic carbocycles. The highest BCUT2D eigenvalue weighted by Crippen LogP contribution is 2.26. The molecule has 1 atom stereocenters. The Hall–Kier alpha value is -3.23. The number of hydrogen-bond acceptors (Lipinski definition) is 6. The van der Waals surface area contributed by atoms with Crippen LogP contribution in [-0.2, 0) is 20.9 Å². The fourth-order valence-corrected chi connectivity index (χ4v) is 3.49. The highest BCUT2D eigenvalue weighted by Gasteiger charge is 2.40. The molecule has 3 amide bonds. The van der Waals surface area contributed by atoms with Gasteiger partial charge in [-0.05, 0) is 12.0 Å². The first kappa shape index (κ1) is 21.5. The number of aryl methyl sites for hydroxylation is 1. The standard InChI is InChI=1S/C21H27N5O4/c1-4-5-11-25-12-13-26(21(29)20(25)28)18(16-9-7-6-8-10-16)19(27)24(3)14-17-22-15(2)30-23-17/h6-10,18H,4-5,11-14H2,1-3H3/t18-/m1/s1. The third-order valence-corrected chi connectivity index (χ3v) is 5.11. The van der Waals surface area contributed by atoms with Crippen molar-refractivity contribution >= 4 is 17.7 Å². The van der Waals surface area contributed by atoms with Crippen molar-refractivity contribution in [1.29, 1.82) is 0 Å². The van der Waals surface area contributed by atoms with Crippen molar-refractivity contribution in [3.05, 3.63) is 47.6 Å². The first-order valence-corrected chi connectivity index (χ1v) is 10.1. The molecule has 1 aromatic carbocycles. The van der Waals surface area contributed by atoms with E-state index < -0.39 is 17.9 Å². The minimum atomic E-state index is -0.894. The summed E-state index contributed by atoms with van der Waals surface area (Å²) < 4.78 is 4.97. The molecule has 1 saturated heterocycles. The second kappa shape index (κ2) is 9.51. The summed E-state index contributed by atoms with van der Waals surface area (Å²) in [6, 6.07) is 8.14. The maximum absolute atomic E-state index is 13.4. The van der Waals surface area contributed by atoms with Crippen LogP contribution in [0.3, 0.4) is 0 Å². The van der Waals surface area contributed by atoms with Gasteiger partial charge < -0.3 is 19.2 Å². The summed E-state index contributed by atoms with van der Waals surface area (Å²) in [7, 11) is 1.62. The Morgan fingerprint density at radius 2 is 1.93 bits per heavy atom. The lowest BCUT2D eigenvalue weighted by atomic mass is 10.0. The second-order valence-corrected chi connectivity index (χ2v) is 7.38. The molecule has 160 valence electrons. The van der Waals surface area contributed by atoms with Gasteiger partial charge >= 0.3 is 11.8 Å². The summed E-state index contributed by atoms with van der Waals surface area (Å²) in [5.41, 5.74) is 0.654. The molecule has 30 heavy (non-hydrogen) atoms. The van der Waals surface area contributed by atoms with Crippen LogP contribution in [0, 0.1) is 6.92 Å². The van der Waals surface area contributed by atoms with E-state index in [1.165, 1.54) is 9.80 Å². The third kappa shape index (κ3) is 4.67. The molecule has 2 aromatic rings. The molecule has 1 fully saturated rings. The van der Waals surface area contributed by atoms with Gasteiger partial charge in [0, 0.05) is 33.6 Å². The number of piperazine rings is 1. The summed E-state index contributed by atoms with van der Waals surface area (Å²) in [4.78, 5) is 47.5.